The second kappa shape index (κ2) is 10.2. The molecule has 1 aromatic carbocycles. The van der Waals surface area contributed by atoms with Crippen LogP contribution in [0.25, 0.3) is 0 Å². The Hall–Kier alpha value is -4.41. The van der Waals surface area contributed by atoms with E-state index in [-0.39, 0.29) is 23.9 Å². The van der Waals surface area contributed by atoms with E-state index in [0.29, 0.717) is 40.5 Å². The molecule has 3 aromatic rings. The van der Waals surface area contributed by atoms with Gasteiger partial charge in [-0.3, -0.25) is 14.6 Å². The second-order valence-corrected chi connectivity index (χ2v) is 7.72. The van der Waals surface area contributed by atoms with Crippen LogP contribution in [0.1, 0.15) is 56.1 Å². The molecule has 4 rings (SSSR count). The first kappa shape index (κ1) is 23.7. The molecule has 35 heavy (non-hydrogen) atoms. The summed E-state index contributed by atoms with van der Waals surface area (Å²) in [5.41, 5.74) is 2.92. The van der Waals surface area contributed by atoms with Crippen LogP contribution in [-0.2, 0) is 11.4 Å². The standard InChI is InChI=1S/C24H23FN6O4/c1-13-29-18(19-10-22(35-31-19)17-7-5-15(12-27-17)23(32)26-2)9-20(30-13)24(33)28-11-14-4-6-16(25)21(8-14)34-3/h4-9,12,22H,10-11H2,1-3H3,(H,26,32)(H,28,33). The first-order valence-electron chi connectivity index (χ1n) is 10.8. The maximum Gasteiger partial charge on any atom is 0.270 e. The number of amides is 2. The molecule has 2 amide bonds. The van der Waals surface area contributed by atoms with E-state index >= 15 is 0 Å². The Bertz CT molecular complexity index is 1300. The minimum atomic E-state index is -0.478. The number of nitrogens with zero attached hydrogens (tertiary/aromatic N) is 4. The Morgan fingerprint density at radius 1 is 1.17 bits per heavy atom. The van der Waals surface area contributed by atoms with Crippen LogP contribution in [0.3, 0.4) is 0 Å². The average Bonchev–Trinajstić information content (AvgIpc) is 3.38. The molecule has 180 valence electrons. The normalized spacial score (nSPS) is 14.6. The topological polar surface area (TPSA) is 128 Å². The lowest BCUT2D eigenvalue weighted by atomic mass is 10.1. The third-order valence-electron chi connectivity index (χ3n) is 5.31. The van der Waals surface area contributed by atoms with E-state index in [1.165, 1.54) is 25.4 Å². The Balaban J connectivity index is 1.43. The number of ether oxygens (including phenoxy) is 1. The Morgan fingerprint density at radius 2 is 2.00 bits per heavy atom. The first-order chi connectivity index (χ1) is 16.9. The van der Waals surface area contributed by atoms with Crippen molar-refractivity contribution in [3.05, 3.63) is 82.4 Å². The summed E-state index contributed by atoms with van der Waals surface area (Å²) in [6.07, 6.45) is 1.42. The fraction of sp³-hybridized carbons (Fsp3) is 0.250. The Morgan fingerprint density at radius 3 is 2.71 bits per heavy atom. The number of hydrogen-bond donors (Lipinski definition) is 2. The summed E-state index contributed by atoms with van der Waals surface area (Å²) in [6, 6.07) is 9.28. The van der Waals surface area contributed by atoms with E-state index in [9.17, 15) is 14.0 Å². The maximum atomic E-state index is 13.6. The number of aryl methyl sites for hydroxylation is 1. The predicted octanol–water partition coefficient (Wildman–Crippen LogP) is 2.48. The minimum absolute atomic E-state index is 0.100. The predicted molar refractivity (Wildman–Crippen MR) is 123 cm³/mol. The second-order valence-electron chi connectivity index (χ2n) is 7.72. The van der Waals surface area contributed by atoms with Crippen LogP contribution >= 0.6 is 0 Å². The molecular formula is C24H23FN6O4. The monoisotopic (exact) mass is 478 g/mol. The van der Waals surface area contributed by atoms with Gasteiger partial charge < -0.3 is 20.2 Å². The molecule has 0 fully saturated rings. The van der Waals surface area contributed by atoms with E-state index < -0.39 is 17.8 Å². The Labute approximate surface area is 200 Å². The van der Waals surface area contributed by atoms with Crippen LogP contribution in [0, 0.1) is 12.7 Å². The number of rotatable bonds is 7. The summed E-state index contributed by atoms with van der Waals surface area (Å²) in [5, 5.41) is 9.43. The molecule has 0 saturated heterocycles. The lowest BCUT2D eigenvalue weighted by Crippen LogP contribution is -2.25. The number of pyridine rings is 1. The highest BCUT2D eigenvalue weighted by Gasteiger charge is 2.27. The molecule has 2 aromatic heterocycles. The fourth-order valence-corrected chi connectivity index (χ4v) is 3.48. The van der Waals surface area contributed by atoms with Gasteiger partial charge in [-0.2, -0.15) is 0 Å². The van der Waals surface area contributed by atoms with Crippen molar-refractivity contribution >= 4 is 17.5 Å². The number of carbonyl (C=O) groups excluding carboxylic acids is 2. The lowest BCUT2D eigenvalue weighted by Gasteiger charge is -2.09. The largest absolute Gasteiger partial charge is 0.494 e. The van der Waals surface area contributed by atoms with Gasteiger partial charge in [0.05, 0.1) is 24.1 Å². The molecule has 0 spiro atoms. The third kappa shape index (κ3) is 5.40. The first-order valence-corrected chi connectivity index (χ1v) is 10.8. The van der Waals surface area contributed by atoms with Gasteiger partial charge in [-0.25, -0.2) is 14.4 Å². The zero-order valence-electron chi connectivity index (χ0n) is 19.3. The number of halogens is 1. The van der Waals surface area contributed by atoms with Crippen molar-refractivity contribution in [1.82, 2.24) is 25.6 Å². The van der Waals surface area contributed by atoms with Gasteiger partial charge in [0.15, 0.2) is 17.7 Å². The van der Waals surface area contributed by atoms with Crippen molar-refractivity contribution in [2.75, 3.05) is 14.2 Å². The summed E-state index contributed by atoms with van der Waals surface area (Å²) in [4.78, 5) is 42.9. The smallest absolute Gasteiger partial charge is 0.270 e. The molecule has 2 N–H and O–H groups in total. The molecule has 1 unspecified atom stereocenters. The molecule has 0 saturated carbocycles. The molecule has 11 heteroatoms. The highest BCUT2D eigenvalue weighted by molar-refractivity contribution is 6.02. The number of oxime groups is 1. The SMILES string of the molecule is CNC(=O)c1ccc(C2CC(c3cc(C(=O)NCc4ccc(F)c(OC)c4)nc(C)n3)=NO2)nc1. The molecule has 1 aliphatic rings. The van der Waals surface area contributed by atoms with E-state index in [2.05, 4.69) is 30.7 Å². The van der Waals surface area contributed by atoms with E-state index in [1.54, 1.807) is 38.2 Å². The number of benzene rings is 1. The maximum absolute atomic E-state index is 13.6. The summed E-state index contributed by atoms with van der Waals surface area (Å²) in [7, 11) is 2.93. The van der Waals surface area contributed by atoms with Crippen molar-refractivity contribution in [3.63, 3.8) is 0 Å². The lowest BCUT2D eigenvalue weighted by molar-refractivity contribution is 0.0824. The van der Waals surface area contributed by atoms with Gasteiger partial charge in [0, 0.05) is 26.2 Å². The summed E-state index contributed by atoms with van der Waals surface area (Å²) < 4.78 is 18.6. The van der Waals surface area contributed by atoms with Gasteiger partial charge in [0.25, 0.3) is 11.8 Å². The number of carbonyl (C=O) groups is 2. The Kier molecular flexibility index (Phi) is 6.95. The van der Waals surface area contributed by atoms with Crippen LogP contribution < -0.4 is 15.4 Å². The van der Waals surface area contributed by atoms with Gasteiger partial charge in [-0.05, 0) is 42.8 Å². The summed E-state index contributed by atoms with van der Waals surface area (Å²) in [5.74, 6) is -0.621. The third-order valence-corrected chi connectivity index (χ3v) is 5.31. The van der Waals surface area contributed by atoms with E-state index in [0.717, 1.165) is 0 Å². The molecule has 3 heterocycles. The number of hydrogen-bond acceptors (Lipinski definition) is 8. The zero-order valence-corrected chi connectivity index (χ0v) is 19.3. The van der Waals surface area contributed by atoms with E-state index in [4.69, 9.17) is 9.57 Å². The summed E-state index contributed by atoms with van der Waals surface area (Å²) in [6.45, 7) is 1.84. The van der Waals surface area contributed by atoms with Gasteiger partial charge >= 0.3 is 0 Å². The molecule has 0 radical (unpaired) electrons. The fourth-order valence-electron chi connectivity index (χ4n) is 3.48. The average molecular weight is 478 g/mol. The molecule has 1 aliphatic heterocycles. The van der Waals surface area contributed by atoms with Gasteiger partial charge in [-0.1, -0.05) is 11.2 Å². The number of nitrogens with one attached hydrogen (secondary N) is 2. The van der Waals surface area contributed by atoms with Crippen LogP contribution in [0.4, 0.5) is 4.39 Å². The number of methoxy groups -OCH3 is 1. The van der Waals surface area contributed by atoms with Crippen molar-refractivity contribution in [2.24, 2.45) is 5.16 Å². The highest BCUT2D eigenvalue weighted by Crippen LogP contribution is 2.28. The molecule has 10 nitrogen and oxygen atoms in total. The van der Waals surface area contributed by atoms with Crippen molar-refractivity contribution in [2.45, 2.75) is 26.0 Å². The van der Waals surface area contributed by atoms with Gasteiger partial charge in [-0.15, -0.1) is 0 Å². The van der Waals surface area contributed by atoms with Crippen LogP contribution in [-0.4, -0.2) is 46.6 Å². The quantitative estimate of drug-likeness (QED) is 0.534. The molecule has 0 aliphatic carbocycles. The van der Waals surface area contributed by atoms with Gasteiger partial charge in [0.2, 0.25) is 0 Å². The minimum Gasteiger partial charge on any atom is -0.494 e. The molecular weight excluding hydrogens is 455 g/mol. The van der Waals surface area contributed by atoms with Crippen molar-refractivity contribution in [3.8, 4) is 5.75 Å². The van der Waals surface area contributed by atoms with Crippen LogP contribution in [0.2, 0.25) is 0 Å². The highest BCUT2D eigenvalue weighted by atomic mass is 19.1. The number of aromatic nitrogens is 3. The van der Waals surface area contributed by atoms with Gasteiger partial charge in [0.1, 0.15) is 17.2 Å². The molecule has 1 atom stereocenters. The van der Waals surface area contributed by atoms with Crippen molar-refractivity contribution < 1.29 is 23.6 Å². The van der Waals surface area contributed by atoms with E-state index in [1.807, 2.05) is 0 Å². The zero-order chi connectivity index (χ0) is 24.9. The molecule has 0 bridgehead atoms. The van der Waals surface area contributed by atoms with Crippen LogP contribution in [0.15, 0.2) is 47.8 Å². The van der Waals surface area contributed by atoms with Crippen LogP contribution in [0.5, 0.6) is 5.75 Å². The summed E-state index contributed by atoms with van der Waals surface area (Å²) >= 11 is 0. The van der Waals surface area contributed by atoms with Crippen molar-refractivity contribution in [1.29, 1.82) is 0 Å².